The van der Waals surface area contributed by atoms with Crippen LogP contribution in [0.15, 0.2) is 0 Å². The maximum absolute atomic E-state index is 11.0. The molecule has 0 aromatic rings. The Hall–Kier alpha value is -0.630. The fraction of sp³-hybridized carbons (Fsp3) is 0.444. The van der Waals surface area contributed by atoms with E-state index in [1.165, 1.54) is 14.2 Å². The second kappa shape index (κ2) is 8.95. The molecule has 0 aliphatic carbocycles. The van der Waals surface area contributed by atoms with Crippen molar-refractivity contribution >= 4 is 11.9 Å². The molecule has 0 atom stereocenters. The third-order valence-corrected chi connectivity index (χ3v) is 1.31. The van der Waals surface area contributed by atoms with E-state index in [9.17, 15) is 9.59 Å². The van der Waals surface area contributed by atoms with Crippen molar-refractivity contribution in [2.24, 2.45) is 0 Å². The summed E-state index contributed by atoms with van der Waals surface area (Å²) in [5, 5.41) is 0. The van der Waals surface area contributed by atoms with Gasteiger partial charge in [0.2, 0.25) is 0 Å². The first-order valence-electron chi connectivity index (χ1n) is 3.59. The zero-order valence-electron chi connectivity index (χ0n) is 8.84. The van der Waals surface area contributed by atoms with Gasteiger partial charge >= 0.3 is 29.6 Å². The monoisotopic (exact) mass is 206 g/mol. The number of hydrogen-bond acceptors (Lipinski definition) is 4. The maximum atomic E-state index is 11.0. The fourth-order valence-electron chi connectivity index (χ4n) is 0.651. The van der Waals surface area contributed by atoms with Crippen LogP contribution in [0.1, 0.15) is 13.3 Å². The van der Waals surface area contributed by atoms with Crippen molar-refractivity contribution in [2.75, 3.05) is 14.2 Å². The van der Waals surface area contributed by atoms with Crippen LogP contribution in [0, 0.1) is 17.8 Å². The summed E-state index contributed by atoms with van der Waals surface area (Å²) in [4.78, 5) is 22.0. The Morgan fingerprint density at radius 1 is 1.21 bits per heavy atom. The average molecular weight is 206 g/mol. The molecule has 0 rings (SSSR count). The summed E-state index contributed by atoms with van der Waals surface area (Å²) in [5.74, 6) is 3.68. The Bertz CT molecular complexity index is 235. The smallest absolute Gasteiger partial charge is 0.491 e. The molecule has 0 saturated carbocycles. The standard InChI is InChI=1S/C9H11O4.Na/c1-4-5-6-7(8(10)12-2)9(11)13-3;/h6H2,1-3H3;/q-1;+1. The molecule has 0 unspecified atom stereocenters. The van der Waals surface area contributed by atoms with Gasteiger partial charge in [0, 0.05) is 0 Å². The molecule has 5 heteroatoms. The topological polar surface area (TPSA) is 52.6 Å². The molecular weight excluding hydrogens is 195 g/mol. The number of esters is 2. The van der Waals surface area contributed by atoms with Gasteiger partial charge in [0.25, 0.3) is 0 Å². The Labute approximate surface area is 106 Å². The number of carbonyl (C=O) groups is 2. The molecule has 14 heavy (non-hydrogen) atoms. The van der Waals surface area contributed by atoms with Crippen molar-refractivity contribution in [3.05, 3.63) is 5.92 Å². The molecule has 0 N–H and O–H groups in total. The van der Waals surface area contributed by atoms with Gasteiger partial charge in [0.1, 0.15) is 0 Å². The molecule has 72 valence electrons. The van der Waals surface area contributed by atoms with Crippen LogP contribution in [0.4, 0.5) is 0 Å². The van der Waals surface area contributed by atoms with Gasteiger partial charge in [-0.3, -0.25) is 9.59 Å². The predicted octanol–water partition coefficient (Wildman–Crippen LogP) is -2.68. The Kier molecular flexibility index (Phi) is 10.1. The first-order chi connectivity index (χ1) is 6.17. The van der Waals surface area contributed by atoms with Crippen LogP contribution in [-0.2, 0) is 19.1 Å². The molecule has 0 aromatic heterocycles. The molecule has 0 aliphatic rings. The van der Waals surface area contributed by atoms with Crippen LogP contribution in [0.5, 0.6) is 0 Å². The normalized spacial score (nSPS) is 7.36. The van der Waals surface area contributed by atoms with E-state index >= 15 is 0 Å². The Balaban J connectivity index is 0. The van der Waals surface area contributed by atoms with Gasteiger partial charge in [-0.25, -0.2) is 0 Å². The summed E-state index contributed by atoms with van der Waals surface area (Å²) in [5.41, 5.74) is 0. The number of carbonyl (C=O) groups excluding carboxylic acids is 2. The van der Waals surface area contributed by atoms with Crippen LogP contribution in [-0.4, -0.2) is 26.2 Å². The molecule has 0 aliphatic heterocycles. The van der Waals surface area contributed by atoms with Crippen molar-refractivity contribution in [1.82, 2.24) is 0 Å². The van der Waals surface area contributed by atoms with Crippen molar-refractivity contribution in [3.8, 4) is 11.8 Å². The molecular formula is C9H11NaO4. The summed E-state index contributed by atoms with van der Waals surface area (Å²) < 4.78 is 8.78. The van der Waals surface area contributed by atoms with Gasteiger partial charge in [0.05, 0.1) is 14.2 Å². The molecule has 0 aromatic carbocycles. The van der Waals surface area contributed by atoms with E-state index in [0.29, 0.717) is 0 Å². The van der Waals surface area contributed by atoms with E-state index in [-0.39, 0.29) is 41.9 Å². The van der Waals surface area contributed by atoms with Crippen molar-refractivity contribution < 1.29 is 48.6 Å². The van der Waals surface area contributed by atoms with Gasteiger partial charge in [-0.15, -0.1) is 11.8 Å². The fourth-order valence-corrected chi connectivity index (χ4v) is 0.651. The largest absolute Gasteiger partial charge is 1.00 e. The van der Waals surface area contributed by atoms with Crippen molar-refractivity contribution in [1.29, 1.82) is 0 Å². The van der Waals surface area contributed by atoms with Crippen LogP contribution >= 0.6 is 0 Å². The third kappa shape index (κ3) is 5.18. The molecule has 0 bridgehead atoms. The summed E-state index contributed by atoms with van der Waals surface area (Å²) in [7, 11) is 2.40. The minimum Gasteiger partial charge on any atom is -0.491 e. The number of rotatable bonds is 3. The van der Waals surface area contributed by atoms with E-state index in [2.05, 4.69) is 21.3 Å². The molecule has 0 radical (unpaired) electrons. The Morgan fingerprint density at radius 2 is 1.64 bits per heavy atom. The SMILES string of the molecule is CC#CC[C-](C(=O)OC)C(=O)OC.[Na+]. The number of hydrogen-bond donors (Lipinski definition) is 0. The van der Waals surface area contributed by atoms with E-state index in [1.54, 1.807) is 6.92 Å². The van der Waals surface area contributed by atoms with Gasteiger partial charge in [0.15, 0.2) is 11.9 Å². The second-order valence-corrected chi connectivity index (χ2v) is 2.07. The summed E-state index contributed by atoms with van der Waals surface area (Å²) in [6, 6.07) is 0. The van der Waals surface area contributed by atoms with Crippen LogP contribution < -0.4 is 29.6 Å². The summed E-state index contributed by atoms with van der Waals surface area (Å²) in [6.45, 7) is 1.62. The van der Waals surface area contributed by atoms with E-state index in [1.807, 2.05) is 0 Å². The molecule has 0 saturated heterocycles. The first-order valence-corrected chi connectivity index (χ1v) is 3.59. The predicted molar refractivity (Wildman–Crippen MR) is 45.3 cm³/mol. The molecule has 0 heterocycles. The molecule has 0 spiro atoms. The van der Waals surface area contributed by atoms with E-state index in [4.69, 9.17) is 0 Å². The zero-order valence-corrected chi connectivity index (χ0v) is 10.8. The Morgan fingerprint density at radius 3 is 1.93 bits per heavy atom. The van der Waals surface area contributed by atoms with Crippen LogP contribution in [0.3, 0.4) is 0 Å². The van der Waals surface area contributed by atoms with Crippen LogP contribution in [0.25, 0.3) is 0 Å². The van der Waals surface area contributed by atoms with E-state index < -0.39 is 11.9 Å². The van der Waals surface area contributed by atoms with Crippen molar-refractivity contribution in [3.63, 3.8) is 0 Å². The van der Waals surface area contributed by atoms with Crippen molar-refractivity contribution in [2.45, 2.75) is 13.3 Å². The van der Waals surface area contributed by atoms with Gasteiger partial charge in [-0.2, -0.15) is 5.92 Å². The van der Waals surface area contributed by atoms with Gasteiger partial charge < -0.3 is 9.47 Å². The zero-order chi connectivity index (χ0) is 10.3. The second-order valence-electron chi connectivity index (χ2n) is 2.07. The quantitative estimate of drug-likeness (QED) is 0.166. The number of ether oxygens (including phenoxy) is 2. The molecule has 0 amide bonds. The van der Waals surface area contributed by atoms with Crippen LogP contribution in [0.2, 0.25) is 0 Å². The minimum absolute atomic E-state index is 0. The molecule has 0 fully saturated rings. The maximum Gasteiger partial charge on any atom is 1.00 e. The summed E-state index contributed by atoms with van der Waals surface area (Å²) >= 11 is 0. The summed E-state index contributed by atoms with van der Waals surface area (Å²) in [6.07, 6.45) is 0.0514. The minimum atomic E-state index is -0.699. The average Bonchev–Trinajstić information content (AvgIpc) is 2.17. The third-order valence-electron chi connectivity index (χ3n) is 1.31. The molecule has 4 nitrogen and oxygen atoms in total. The first kappa shape index (κ1) is 15.8. The van der Waals surface area contributed by atoms with Gasteiger partial charge in [-0.05, 0) is 6.92 Å². The van der Waals surface area contributed by atoms with Gasteiger partial charge in [-0.1, -0.05) is 6.42 Å². The van der Waals surface area contributed by atoms with E-state index in [0.717, 1.165) is 0 Å². The number of methoxy groups -OCH3 is 2.